The number of rotatable bonds is 15. The van der Waals surface area contributed by atoms with Crippen LogP contribution in [0.3, 0.4) is 0 Å². The van der Waals surface area contributed by atoms with Gasteiger partial charge in [-0.2, -0.15) is 0 Å². The van der Waals surface area contributed by atoms with Crippen LogP contribution in [-0.4, -0.2) is 13.2 Å². The molecule has 1 unspecified atom stereocenters. The van der Waals surface area contributed by atoms with Crippen molar-refractivity contribution in [2.45, 2.75) is 103 Å². The lowest BCUT2D eigenvalue weighted by atomic mass is 10.1. The van der Waals surface area contributed by atoms with Crippen molar-refractivity contribution in [3.8, 4) is 0 Å². The monoisotopic (exact) mass is 282 g/mol. The number of hydrogen-bond acceptors (Lipinski definition) is 1. The van der Waals surface area contributed by atoms with Crippen LogP contribution in [0.15, 0.2) is 12.2 Å². The second-order valence-corrected chi connectivity index (χ2v) is 5.96. The molecule has 1 atom stereocenters. The first kappa shape index (κ1) is 19.7. The van der Waals surface area contributed by atoms with Gasteiger partial charge in [-0.15, -0.1) is 0 Å². The van der Waals surface area contributed by atoms with Gasteiger partial charge in [0.25, 0.3) is 0 Å². The van der Waals surface area contributed by atoms with E-state index in [-0.39, 0.29) is 0 Å². The fraction of sp³-hybridized carbons (Fsp3) is 0.895. The zero-order valence-corrected chi connectivity index (χ0v) is 14.3. The highest BCUT2D eigenvalue weighted by molar-refractivity contribution is 4.82. The van der Waals surface area contributed by atoms with Crippen molar-refractivity contribution in [1.29, 1.82) is 0 Å². The van der Waals surface area contributed by atoms with Crippen molar-refractivity contribution in [1.82, 2.24) is 0 Å². The molecule has 0 spiro atoms. The molecule has 0 fully saturated rings. The van der Waals surface area contributed by atoms with Gasteiger partial charge < -0.3 is 4.74 Å². The lowest BCUT2D eigenvalue weighted by molar-refractivity contribution is 0.0865. The number of unbranched alkanes of at least 4 members (excludes halogenated alkanes) is 8. The van der Waals surface area contributed by atoms with Gasteiger partial charge in [0.15, 0.2) is 0 Å². The molecule has 0 aliphatic rings. The maximum absolute atomic E-state index is 5.55. The van der Waals surface area contributed by atoms with E-state index in [4.69, 9.17) is 4.74 Å². The van der Waals surface area contributed by atoms with Crippen LogP contribution < -0.4 is 0 Å². The van der Waals surface area contributed by atoms with E-state index in [1.807, 2.05) is 7.11 Å². The fourth-order valence-corrected chi connectivity index (χ4v) is 2.56. The van der Waals surface area contributed by atoms with Crippen LogP contribution in [-0.2, 0) is 4.74 Å². The molecule has 0 aliphatic carbocycles. The first-order valence-electron chi connectivity index (χ1n) is 9.02. The van der Waals surface area contributed by atoms with E-state index in [1.165, 1.54) is 83.5 Å². The molecule has 0 rings (SSSR count). The van der Waals surface area contributed by atoms with Gasteiger partial charge in [-0.1, -0.05) is 77.4 Å². The summed E-state index contributed by atoms with van der Waals surface area (Å²) in [6.07, 6.45) is 22.4. The van der Waals surface area contributed by atoms with Gasteiger partial charge >= 0.3 is 0 Å². The average Bonchev–Trinajstić information content (AvgIpc) is 2.47. The third-order valence-corrected chi connectivity index (χ3v) is 4.01. The Morgan fingerprint density at radius 1 is 0.700 bits per heavy atom. The van der Waals surface area contributed by atoms with Crippen molar-refractivity contribution < 1.29 is 4.74 Å². The van der Waals surface area contributed by atoms with E-state index >= 15 is 0 Å². The maximum atomic E-state index is 5.55. The summed E-state index contributed by atoms with van der Waals surface area (Å²) in [6, 6.07) is 0. The highest BCUT2D eigenvalue weighted by atomic mass is 16.5. The molecule has 120 valence electrons. The highest BCUT2D eigenvalue weighted by Crippen LogP contribution is 2.12. The summed E-state index contributed by atoms with van der Waals surface area (Å²) in [6.45, 7) is 4.53. The molecule has 0 aromatic rings. The van der Waals surface area contributed by atoms with Crippen molar-refractivity contribution in [3.05, 3.63) is 12.2 Å². The Balaban J connectivity index is 3.35. The molecule has 0 amide bonds. The van der Waals surface area contributed by atoms with Crippen LogP contribution in [0.2, 0.25) is 0 Å². The standard InChI is InChI=1S/C19H38O/c1-4-6-8-9-10-11-12-13-14-16-18-19(20-3)17-15-7-5-2/h13-14,19H,4-12,15-18H2,1-3H3. The summed E-state index contributed by atoms with van der Waals surface area (Å²) >= 11 is 0. The Morgan fingerprint density at radius 3 is 2.00 bits per heavy atom. The zero-order chi connectivity index (χ0) is 14.9. The van der Waals surface area contributed by atoms with Crippen molar-refractivity contribution in [3.63, 3.8) is 0 Å². The van der Waals surface area contributed by atoms with Crippen molar-refractivity contribution in [2.24, 2.45) is 0 Å². The summed E-state index contributed by atoms with van der Waals surface area (Å²) in [5.41, 5.74) is 0. The second-order valence-electron chi connectivity index (χ2n) is 5.96. The van der Waals surface area contributed by atoms with E-state index in [0.717, 1.165) is 0 Å². The van der Waals surface area contributed by atoms with E-state index in [2.05, 4.69) is 26.0 Å². The zero-order valence-electron chi connectivity index (χ0n) is 14.3. The molecule has 0 aromatic carbocycles. The SMILES string of the molecule is CCCCCCCCC=CCCC(CCCCC)OC. The first-order valence-corrected chi connectivity index (χ1v) is 9.02. The summed E-state index contributed by atoms with van der Waals surface area (Å²) in [4.78, 5) is 0. The fourth-order valence-electron chi connectivity index (χ4n) is 2.56. The lowest BCUT2D eigenvalue weighted by Crippen LogP contribution is -2.09. The molecular weight excluding hydrogens is 244 g/mol. The normalized spacial score (nSPS) is 13.2. The predicted molar refractivity (Wildman–Crippen MR) is 91.3 cm³/mol. The summed E-state index contributed by atoms with van der Waals surface area (Å²) in [5, 5.41) is 0. The van der Waals surface area contributed by atoms with Gasteiger partial charge in [0.05, 0.1) is 6.10 Å². The Labute approximate surface area is 128 Å². The molecule has 0 aliphatic heterocycles. The van der Waals surface area contributed by atoms with Crippen LogP contribution in [0, 0.1) is 0 Å². The maximum Gasteiger partial charge on any atom is 0.0574 e. The van der Waals surface area contributed by atoms with Gasteiger partial charge in [0.2, 0.25) is 0 Å². The Morgan fingerprint density at radius 2 is 1.30 bits per heavy atom. The van der Waals surface area contributed by atoms with E-state index in [0.29, 0.717) is 6.10 Å². The molecule has 0 N–H and O–H groups in total. The quantitative estimate of drug-likeness (QED) is 0.241. The smallest absolute Gasteiger partial charge is 0.0574 e. The average molecular weight is 283 g/mol. The van der Waals surface area contributed by atoms with Crippen molar-refractivity contribution >= 4 is 0 Å². The van der Waals surface area contributed by atoms with Gasteiger partial charge in [-0.3, -0.25) is 0 Å². The first-order chi connectivity index (χ1) is 9.85. The molecule has 0 aromatic heterocycles. The van der Waals surface area contributed by atoms with Gasteiger partial charge in [-0.25, -0.2) is 0 Å². The summed E-state index contributed by atoms with van der Waals surface area (Å²) in [7, 11) is 1.86. The molecule has 20 heavy (non-hydrogen) atoms. The van der Waals surface area contributed by atoms with E-state index < -0.39 is 0 Å². The topological polar surface area (TPSA) is 9.23 Å². The number of methoxy groups -OCH3 is 1. The molecule has 0 radical (unpaired) electrons. The number of hydrogen-bond donors (Lipinski definition) is 0. The Bertz CT molecular complexity index is 198. The third-order valence-electron chi connectivity index (χ3n) is 4.01. The van der Waals surface area contributed by atoms with Crippen molar-refractivity contribution in [2.75, 3.05) is 7.11 Å². The number of allylic oxidation sites excluding steroid dienone is 2. The van der Waals surface area contributed by atoms with Crippen LogP contribution in [0.4, 0.5) is 0 Å². The van der Waals surface area contributed by atoms with Crippen LogP contribution in [0.25, 0.3) is 0 Å². The molecular formula is C19H38O. The van der Waals surface area contributed by atoms with E-state index in [1.54, 1.807) is 0 Å². The minimum absolute atomic E-state index is 0.472. The molecule has 1 heteroatoms. The Kier molecular flexibility index (Phi) is 16.5. The minimum atomic E-state index is 0.472. The molecule has 0 saturated heterocycles. The number of ether oxygens (including phenoxy) is 1. The van der Waals surface area contributed by atoms with Crippen LogP contribution in [0.1, 0.15) is 97.3 Å². The predicted octanol–water partition coefficient (Wildman–Crippen LogP) is 6.67. The van der Waals surface area contributed by atoms with Gasteiger partial charge in [-0.05, 0) is 32.1 Å². The molecule has 0 saturated carbocycles. The molecule has 0 bridgehead atoms. The van der Waals surface area contributed by atoms with Gasteiger partial charge in [0, 0.05) is 7.11 Å². The Hall–Kier alpha value is -0.300. The van der Waals surface area contributed by atoms with Gasteiger partial charge in [0.1, 0.15) is 0 Å². The highest BCUT2D eigenvalue weighted by Gasteiger charge is 2.04. The summed E-state index contributed by atoms with van der Waals surface area (Å²) in [5.74, 6) is 0. The van der Waals surface area contributed by atoms with Crippen LogP contribution in [0.5, 0.6) is 0 Å². The minimum Gasteiger partial charge on any atom is -0.381 e. The second kappa shape index (κ2) is 16.8. The lowest BCUT2D eigenvalue weighted by Gasteiger charge is -2.13. The third kappa shape index (κ3) is 14.1. The summed E-state index contributed by atoms with van der Waals surface area (Å²) < 4.78 is 5.55. The molecule has 0 heterocycles. The largest absolute Gasteiger partial charge is 0.381 e. The molecule has 1 nitrogen and oxygen atoms in total. The van der Waals surface area contributed by atoms with E-state index in [9.17, 15) is 0 Å². The van der Waals surface area contributed by atoms with Crippen LogP contribution >= 0.6 is 0 Å².